The van der Waals surface area contributed by atoms with Crippen molar-refractivity contribution < 1.29 is 9.90 Å². The second-order valence-corrected chi connectivity index (χ2v) is 4.18. The van der Waals surface area contributed by atoms with Crippen molar-refractivity contribution in [2.24, 2.45) is 0 Å². The topological polar surface area (TPSA) is 65.1 Å². The Hall–Kier alpha value is -1.81. The molecule has 3 N–H and O–H groups in total. The summed E-state index contributed by atoms with van der Waals surface area (Å²) in [6.45, 7) is 1.92. The predicted molar refractivity (Wildman–Crippen MR) is 67.2 cm³/mol. The van der Waals surface area contributed by atoms with Crippen molar-refractivity contribution in [1.82, 2.24) is 10.3 Å². The molecule has 0 fully saturated rings. The number of carbonyl (C=O) groups is 1. The summed E-state index contributed by atoms with van der Waals surface area (Å²) in [5.41, 5.74) is 2.07. The molecule has 1 unspecified atom stereocenters. The Kier molecular flexibility index (Phi) is 3.15. The van der Waals surface area contributed by atoms with E-state index >= 15 is 0 Å². The lowest BCUT2D eigenvalue weighted by molar-refractivity contribution is -0.139. The minimum Gasteiger partial charge on any atom is -0.480 e. The molecule has 0 spiro atoms. The summed E-state index contributed by atoms with van der Waals surface area (Å²) in [6, 6.07) is 7.34. The quantitative estimate of drug-likeness (QED) is 0.754. The van der Waals surface area contributed by atoms with Crippen LogP contribution in [-0.2, 0) is 4.79 Å². The Balaban J connectivity index is 2.42. The third-order valence-corrected chi connectivity index (χ3v) is 3.19. The van der Waals surface area contributed by atoms with Gasteiger partial charge in [0.2, 0.25) is 0 Å². The number of aliphatic carboxylic acids is 1. The molecule has 4 nitrogen and oxygen atoms in total. The molecule has 0 aliphatic heterocycles. The highest BCUT2D eigenvalue weighted by Crippen LogP contribution is 2.27. The first kappa shape index (κ1) is 11.7. The first-order valence-electron chi connectivity index (χ1n) is 5.61. The summed E-state index contributed by atoms with van der Waals surface area (Å²) in [5.74, 6) is -0.918. The van der Waals surface area contributed by atoms with Crippen molar-refractivity contribution in [3.05, 3.63) is 36.0 Å². The average molecular weight is 232 g/mol. The third-order valence-electron chi connectivity index (χ3n) is 3.19. The normalized spacial score (nSPS) is 14.7. The Morgan fingerprint density at radius 1 is 1.41 bits per heavy atom. The summed E-state index contributed by atoms with van der Waals surface area (Å²) in [5, 5.41) is 13.1. The molecule has 0 saturated heterocycles. The fourth-order valence-corrected chi connectivity index (χ4v) is 2.24. The van der Waals surface area contributed by atoms with Crippen LogP contribution in [-0.4, -0.2) is 29.1 Å². The second kappa shape index (κ2) is 4.59. The lowest BCUT2D eigenvalue weighted by Gasteiger charge is -2.19. The Morgan fingerprint density at radius 3 is 2.76 bits per heavy atom. The predicted octanol–water partition coefficient (Wildman–Crippen LogP) is 1.94. The van der Waals surface area contributed by atoms with E-state index in [2.05, 4.69) is 10.3 Å². The van der Waals surface area contributed by atoms with Gasteiger partial charge in [-0.1, -0.05) is 25.1 Å². The van der Waals surface area contributed by atoms with Crippen LogP contribution in [0, 0.1) is 0 Å². The molecule has 1 heterocycles. The number of hydrogen-bond acceptors (Lipinski definition) is 2. The first-order valence-corrected chi connectivity index (χ1v) is 5.61. The van der Waals surface area contributed by atoms with Crippen LogP contribution < -0.4 is 5.32 Å². The SMILES string of the molecule is CN[C@H](C(=O)O)C(C)c1c[nH]c2ccccc12. The van der Waals surface area contributed by atoms with E-state index < -0.39 is 12.0 Å². The number of H-pyrrole nitrogens is 1. The number of benzene rings is 1. The van der Waals surface area contributed by atoms with Gasteiger partial charge < -0.3 is 15.4 Å². The largest absolute Gasteiger partial charge is 0.480 e. The summed E-state index contributed by atoms with van der Waals surface area (Å²) in [7, 11) is 1.67. The van der Waals surface area contributed by atoms with E-state index in [0.717, 1.165) is 16.5 Å². The molecule has 0 bridgehead atoms. The van der Waals surface area contributed by atoms with E-state index in [1.807, 2.05) is 37.4 Å². The molecule has 1 aromatic carbocycles. The van der Waals surface area contributed by atoms with Gasteiger partial charge in [-0.2, -0.15) is 0 Å². The molecule has 0 amide bonds. The van der Waals surface area contributed by atoms with Crippen LogP contribution >= 0.6 is 0 Å². The molecule has 0 aliphatic carbocycles. The van der Waals surface area contributed by atoms with Crippen LogP contribution in [0.25, 0.3) is 10.9 Å². The van der Waals surface area contributed by atoms with Crippen LogP contribution in [0.2, 0.25) is 0 Å². The summed E-state index contributed by atoms with van der Waals surface area (Å²) in [4.78, 5) is 14.3. The minimum absolute atomic E-state index is 0.0892. The molecule has 0 saturated carbocycles. The molecule has 90 valence electrons. The minimum atomic E-state index is -0.828. The van der Waals surface area contributed by atoms with Crippen molar-refractivity contribution in [2.75, 3.05) is 7.05 Å². The Morgan fingerprint density at radius 2 is 2.12 bits per heavy atom. The number of carboxylic acid groups (broad SMARTS) is 1. The zero-order valence-corrected chi connectivity index (χ0v) is 9.90. The lowest BCUT2D eigenvalue weighted by atomic mass is 9.93. The Labute approximate surface area is 99.7 Å². The van der Waals surface area contributed by atoms with Crippen LogP contribution in [0.3, 0.4) is 0 Å². The van der Waals surface area contributed by atoms with E-state index in [-0.39, 0.29) is 5.92 Å². The van der Waals surface area contributed by atoms with Gasteiger partial charge in [0.05, 0.1) is 0 Å². The van der Waals surface area contributed by atoms with Crippen molar-refractivity contribution in [3.8, 4) is 0 Å². The van der Waals surface area contributed by atoms with Crippen LogP contribution in [0.4, 0.5) is 0 Å². The van der Waals surface area contributed by atoms with Gasteiger partial charge in [-0.15, -0.1) is 0 Å². The average Bonchev–Trinajstić information content (AvgIpc) is 2.72. The van der Waals surface area contributed by atoms with Crippen molar-refractivity contribution >= 4 is 16.9 Å². The molecule has 0 aliphatic rings. The van der Waals surface area contributed by atoms with Gasteiger partial charge in [0.1, 0.15) is 6.04 Å². The maximum Gasteiger partial charge on any atom is 0.321 e. The Bertz CT molecular complexity index is 533. The highest BCUT2D eigenvalue weighted by molar-refractivity contribution is 5.85. The molecule has 0 radical (unpaired) electrons. The lowest BCUT2D eigenvalue weighted by Crippen LogP contribution is -2.38. The van der Waals surface area contributed by atoms with Gasteiger partial charge in [0.25, 0.3) is 0 Å². The fraction of sp³-hybridized carbons (Fsp3) is 0.308. The standard InChI is InChI=1S/C13H16N2O2/c1-8(12(14-2)13(16)17)10-7-15-11-6-4-3-5-9(10)11/h3-8,12,14-15H,1-2H3,(H,16,17)/t8?,12-/m0/s1. The summed E-state index contributed by atoms with van der Waals surface area (Å²) < 4.78 is 0. The van der Waals surface area contributed by atoms with Crippen LogP contribution in [0.5, 0.6) is 0 Å². The molecular formula is C13H16N2O2. The highest BCUT2D eigenvalue weighted by atomic mass is 16.4. The number of hydrogen-bond donors (Lipinski definition) is 3. The van der Waals surface area contributed by atoms with E-state index in [1.165, 1.54) is 0 Å². The smallest absolute Gasteiger partial charge is 0.321 e. The number of aromatic nitrogens is 1. The maximum atomic E-state index is 11.1. The number of carboxylic acids is 1. The van der Waals surface area contributed by atoms with Gasteiger partial charge in [-0.25, -0.2) is 0 Å². The molecular weight excluding hydrogens is 216 g/mol. The van der Waals surface area contributed by atoms with Crippen LogP contribution in [0.15, 0.2) is 30.5 Å². The number of fused-ring (bicyclic) bond motifs is 1. The second-order valence-electron chi connectivity index (χ2n) is 4.18. The zero-order valence-electron chi connectivity index (χ0n) is 9.90. The summed E-state index contributed by atoms with van der Waals surface area (Å²) >= 11 is 0. The molecule has 2 rings (SSSR count). The third kappa shape index (κ3) is 2.03. The van der Waals surface area contributed by atoms with Gasteiger partial charge in [-0.3, -0.25) is 4.79 Å². The van der Waals surface area contributed by atoms with Crippen molar-refractivity contribution in [3.63, 3.8) is 0 Å². The number of para-hydroxylation sites is 1. The molecule has 17 heavy (non-hydrogen) atoms. The number of likely N-dealkylation sites (N-methyl/N-ethyl adjacent to an activating group) is 1. The molecule has 4 heteroatoms. The van der Waals surface area contributed by atoms with Gasteiger partial charge in [-0.05, 0) is 18.7 Å². The maximum absolute atomic E-state index is 11.1. The number of aromatic amines is 1. The van der Waals surface area contributed by atoms with Gasteiger partial charge in [0, 0.05) is 23.0 Å². The van der Waals surface area contributed by atoms with E-state index in [1.54, 1.807) is 7.05 Å². The van der Waals surface area contributed by atoms with Crippen molar-refractivity contribution in [2.45, 2.75) is 18.9 Å². The van der Waals surface area contributed by atoms with Crippen molar-refractivity contribution in [1.29, 1.82) is 0 Å². The number of nitrogens with one attached hydrogen (secondary N) is 2. The van der Waals surface area contributed by atoms with E-state index in [4.69, 9.17) is 5.11 Å². The van der Waals surface area contributed by atoms with Gasteiger partial charge >= 0.3 is 5.97 Å². The van der Waals surface area contributed by atoms with Crippen LogP contribution in [0.1, 0.15) is 18.4 Å². The summed E-state index contributed by atoms with van der Waals surface area (Å²) in [6.07, 6.45) is 1.89. The molecule has 2 aromatic rings. The monoisotopic (exact) mass is 232 g/mol. The zero-order chi connectivity index (χ0) is 12.4. The fourth-order valence-electron chi connectivity index (χ4n) is 2.24. The molecule has 1 aromatic heterocycles. The first-order chi connectivity index (χ1) is 8.15. The van der Waals surface area contributed by atoms with E-state index in [0.29, 0.717) is 0 Å². The van der Waals surface area contributed by atoms with Gasteiger partial charge in [0.15, 0.2) is 0 Å². The highest BCUT2D eigenvalue weighted by Gasteiger charge is 2.25. The number of rotatable bonds is 4. The molecule has 2 atom stereocenters. The van der Waals surface area contributed by atoms with E-state index in [9.17, 15) is 4.79 Å².